The van der Waals surface area contributed by atoms with E-state index in [0.29, 0.717) is 6.61 Å². The minimum atomic E-state index is -1.35. The minimum Gasteiger partial charge on any atom is -0.394 e. The molecule has 3 atom stereocenters. The zero-order valence-electron chi connectivity index (χ0n) is 11.4. The second-order valence-corrected chi connectivity index (χ2v) is 5.54. The Morgan fingerprint density at radius 3 is 2.44 bits per heavy atom. The van der Waals surface area contributed by atoms with Crippen LogP contribution >= 0.6 is 0 Å². The van der Waals surface area contributed by atoms with Gasteiger partial charge in [-0.15, -0.1) is 0 Å². The Balaban J connectivity index is 2.45. The van der Waals surface area contributed by atoms with Crippen LogP contribution in [0.1, 0.15) is 34.1 Å². The zero-order valence-corrected chi connectivity index (χ0v) is 11.4. The summed E-state index contributed by atoms with van der Waals surface area (Å²) in [6, 6.07) is 0. The lowest BCUT2D eigenvalue weighted by Gasteiger charge is -2.28. The first-order valence-corrected chi connectivity index (χ1v) is 6.14. The summed E-state index contributed by atoms with van der Waals surface area (Å²) in [6.45, 7) is 6.51. The molecule has 18 heavy (non-hydrogen) atoms. The fourth-order valence-corrected chi connectivity index (χ4v) is 1.89. The van der Waals surface area contributed by atoms with Gasteiger partial charge in [0.25, 0.3) is 0 Å². The number of hydrogen-bond donors (Lipinski definition) is 3. The van der Waals surface area contributed by atoms with Gasteiger partial charge < -0.3 is 29.5 Å². The monoisotopic (exact) mass is 264 g/mol. The fraction of sp³-hybridized carbons (Fsp3) is 1.00. The summed E-state index contributed by atoms with van der Waals surface area (Å²) in [5.74, 6) is -2.04. The van der Waals surface area contributed by atoms with E-state index < -0.39 is 29.9 Å². The van der Waals surface area contributed by atoms with Crippen molar-refractivity contribution in [3.63, 3.8) is 0 Å². The first-order chi connectivity index (χ1) is 8.13. The van der Waals surface area contributed by atoms with Crippen LogP contribution < -0.4 is 0 Å². The van der Waals surface area contributed by atoms with Gasteiger partial charge in [-0.05, 0) is 27.7 Å². The van der Waals surface area contributed by atoms with E-state index in [2.05, 4.69) is 0 Å². The summed E-state index contributed by atoms with van der Waals surface area (Å²) in [7, 11) is 0. The topological polar surface area (TPSA) is 88.4 Å². The predicted octanol–water partition coefficient (Wildman–Crippen LogP) is -0.00520. The SMILES string of the molecule is CC(C)(O)OC(CO)C[C@@H](O)C1COC(C)(C)O1. The van der Waals surface area contributed by atoms with Gasteiger partial charge in [0.05, 0.1) is 25.4 Å². The third-order valence-corrected chi connectivity index (χ3v) is 2.62. The second kappa shape index (κ2) is 5.81. The van der Waals surface area contributed by atoms with E-state index in [1.165, 1.54) is 13.8 Å². The molecule has 108 valence electrons. The zero-order chi connectivity index (χ0) is 14.0. The molecule has 1 aliphatic rings. The first kappa shape index (κ1) is 15.8. The Morgan fingerprint density at radius 1 is 1.44 bits per heavy atom. The van der Waals surface area contributed by atoms with E-state index in [-0.39, 0.29) is 13.0 Å². The van der Waals surface area contributed by atoms with Crippen molar-refractivity contribution < 1.29 is 29.5 Å². The molecule has 1 aliphatic heterocycles. The van der Waals surface area contributed by atoms with E-state index in [4.69, 9.17) is 19.3 Å². The Labute approximate surface area is 107 Å². The molecule has 3 N–H and O–H groups in total. The smallest absolute Gasteiger partial charge is 0.163 e. The summed E-state index contributed by atoms with van der Waals surface area (Å²) in [4.78, 5) is 0. The van der Waals surface area contributed by atoms with Crippen LogP contribution in [0.3, 0.4) is 0 Å². The van der Waals surface area contributed by atoms with Gasteiger partial charge in [-0.2, -0.15) is 0 Å². The lowest BCUT2D eigenvalue weighted by molar-refractivity contribution is -0.221. The van der Waals surface area contributed by atoms with E-state index in [0.717, 1.165) is 0 Å². The van der Waals surface area contributed by atoms with Crippen LogP contribution in [0.5, 0.6) is 0 Å². The average molecular weight is 264 g/mol. The van der Waals surface area contributed by atoms with Gasteiger partial charge in [0.1, 0.15) is 6.10 Å². The normalized spacial score (nSPS) is 27.2. The Morgan fingerprint density at radius 2 is 2.06 bits per heavy atom. The summed E-state index contributed by atoms with van der Waals surface area (Å²) >= 11 is 0. The van der Waals surface area contributed by atoms with Gasteiger partial charge in [-0.25, -0.2) is 0 Å². The maximum absolute atomic E-state index is 10.0. The first-order valence-electron chi connectivity index (χ1n) is 6.14. The summed E-state index contributed by atoms with van der Waals surface area (Å²) in [6.07, 6.45) is -1.73. The van der Waals surface area contributed by atoms with E-state index >= 15 is 0 Å². The molecule has 1 fully saturated rings. The lowest BCUT2D eigenvalue weighted by Crippen LogP contribution is -2.39. The van der Waals surface area contributed by atoms with Crippen molar-refractivity contribution in [3.05, 3.63) is 0 Å². The molecule has 0 aromatic heterocycles. The molecule has 6 heteroatoms. The summed E-state index contributed by atoms with van der Waals surface area (Å²) in [5.41, 5.74) is 0. The van der Waals surface area contributed by atoms with Crippen molar-refractivity contribution in [1.29, 1.82) is 0 Å². The lowest BCUT2D eigenvalue weighted by atomic mass is 10.1. The Hall–Kier alpha value is -0.240. The quantitative estimate of drug-likeness (QED) is 0.585. The fourth-order valence-electron chi connectivity index (χ4n) is 1.89. The Bertz CT molecular complexity index is 260. The van der Waals surface area contributed by atoms with Gasteiger partial charge >= 0.3 is 0 Å². The standard InChI is InChI=1S/C12H24O6/c1-11(2,15)17-8(6-13)5-9(14)10-7-16-12(3,4)18-10/h8-10,13-15H,5-7H2,1-4H3/t8?,9-,10?/m1/s1. The number of aliphatic hydroxyl groups excluding tert-OH is 2. The maximum Gasteiger partial charge on any atom is 0.163 e. The highest BCUT2D eigenvalue weighted by atomic mass is 16.7. The van der Waals surface area contributed by atoms with E-state index in [9.17, 15) is 10.2 Å². The number of aliphatic hydroxyl groups is 3. The van der Waals surface area contributed by atoms with Gasteiger partial charge in [0.2, 0.25) is 0 Å². The molecule has 0 saturated carbocycles. The van der Waals surface area contributed by atoms with Crippen LogP contribution in [-0.4, -0.2) is 58.4 Å². The molecule has 2 unspecified atom stereocenters. The third kappa shape index (κ3) is 5.17. The van der Waals surface area contributed by atoms with Gasteiger partial charge in [-0.3, -0.25) is 0 Å². The molecule has 0 aromatic carbocycles. The Kier molecular flexibility index (Phi) is 5.11. The third-order valence-electron chi connectivity index (χ3n) is 2.62. The van der Waals surface area contributed by atoms with Crippen molar-refractivity contribution in [2.24, 2.45) is 0 Å². The highest BCUT2D eigenvalue weighted by Gasteiger charge is 2.38. The predicted molar refractivity (Wildman–Crippen MR) is 63.8 cm³/mol. The molecule has 0 aromatic rings. The van der Waals surface area contributed by atoms with Crippen molar-refractivity contribution in [3.8, 4) is 0 Å². The molecule has 1 saturated heterocycles. The molecular weight excluding hydrogens is 240 g/mol. The van der Waals surface area contributed by atoms with Crippen LogP contribution in [0.2, 0.25) is 0 Å². The van der Waals surface area contributed by atoms with Crippen molar-refractivity contribution in [2.75, 3.05) is 13.2 Å². The average Bonchev–Trinajstić information content (AvgIpc) is 2.55. The number of ether oxygens (including phenoxy) is 3. The van der Waals surface area contributed by atoms with Crippen LogP contribution in [0, 0.1) is 0 Å². The minimum absolute atomic E-state index is 0.171. The summed E-state index contributed by atoms with van der Waals surface area (Å²) < 4.78 is 16.1. The molecule has 1 heterocycles. The number of rotatable bonds is 6. The number of hydrogen-bond acceptors (Lipinski definition) is 6. The molecule has 0 amide bonds. The summed E-state index contributed by atoms with van der Waals surface area (Å²) in [5, 5.41) is 28.7. The molecule has 0 spiro atoms. The highest BCUT2D eigenvalue weighted by molar-refractivity contribution is 4.80. The van der Waals surface area contributed by atoms with Crippen molar-refractivity contribution in [1.82, 2.24) is 0 Å². The molecule has 6 nitrogen and oxygen atoms in total. The molecule has 1 rings (SSSR count). The largest absolute Gasteiger partial charge is 0.394 e. The molecule has 0 radical (unpaired) electrons. The maximum atomic E-state index is 10.0. The van der Waals surface area contributed by atoms with Gasteiger partial charge in [0.15, 0.2) is 11.6 Å². The molecule has 0 aliphatic carbocycles. The van der Waals surface area contributed by atoms with Crippen LogP contribution in [0.15, 0.2) is 0 Å². The molecular formula is C12H24O6. The van der Waals surface area contributed by atoms with Crippen molar-refractivity contribution >= 4 is 0 Å². The second-order valence-electron chi connectivity index (χ2n) is 5.54. The van der Waals surface area contributed by atoms with Crippen molar-refractivity contribution in [2.45, 2.75) is 64.0 Å². The van der Waals surface area contributed by atoms with E-state index in [1.807, 2.05) is 0 Å². The van der Waals surface area contributed by atoms with Crippen LogP contribution in [-0.2, 0) is 14.2 Å². The van der Waals surface area contributed by atoms with Crippen LogP contribution in [0.4, 0.5) is 0 Å². The van der Waals surface area contributed by atoms with Gasteiger partial charge in [-0.1, -0.05) is 0 Å². The van der Waals surface area contributed by atoms with Crippen LogP contribution in [0.25, 0.3) is 0 Å². The molecule has 0 bridgehead atoms. The van der Waals surface area contributed by atoms with Gasteiger partial charge in [0, 0.05) is 6.42 Å². The highest BCUT2D eigenvalue weighted by Crippen LogP contribution is 2.26. The van der Waals surface area contributed by atoms with E-state index in [1.54, 1.807) is 13.8 Å².